The number of rotatable bonds is 5. The summed E-state index contributed by atoms with van der Waals surface area (Å²) in [5, 5.41) is 0. The lowest BCUT2D eigenvalue weighted by Gasteiger charge is -2.10. The maximum Gasteiger partial charge on any atom is 0.0992 e. The third-order valence-electron chi connectivity index (χ3n) is 3.09. The first-order chi connectivity index (χ1) is 10.3. The summed E-state index contributed by atoms with van der Waals surface area (Å²) in [5.74, 6) is 0. The zero-order valence-corrected chi connectivity index (χ0v) is 12.9. The fraction of sp³-hybridized carbons (Fsp3) is 0.0625. The van der Waals surface area contributed by atoms with Gasteiger partial charge in [-0.2, -0.15) is 0 Å². The van der Waals surface area contributed by atoms with Crippen molar-refractivity contribution in [3.8, 4) is 5.69 Å². The summed E-state index contributed by atoms with van der Waals surface area (Å²) in [6.45, 7) is 0.734. The van der Waals surface area contributed by atoms with Gasteiger partial charge in [0.15, 0.2) is 0 Å². The topological polar surface area (TPSA) is 41.9 Å². The van der Waals surface area contributed by atoms with Gasteiger partial charge < -0.3 is 9.99 Å². The monoisotopic (exact) mass is 342 g/mol. The maximum absolute atomic E-state index is 4.07. The van der Waals surface area contributed by atoms with Gasteiger partial charge in [-0.25, -0.2) is 10.4 Å². The van der Waals surface area contributed by atoms with E-state index in [1.54, 1.807) is 12.5 Å². The van der Waals surface area contributed by atoms with Crippen LogP contribution in [0.15, 0.2) is 71.7 Å². The molecule has 0 spiro atoms. The van der Waals surface area contributed by atoms with Gasteiger partial charge in [-0.3, -0.25) is 0 Å². The number of hydrogen-bond donors (Lipinski definition) is 2. The lowest BCUT2D eigenvalue weighted by Crippen LogP contribution is -2.20. The Labute approximate surface area is 131 Å². The normalized spacial score (nSPS) is 10.5. The molecule has 0 aliphatic heterocycles. The highest BCUT2D eigenvalue weighted by molar-refractivity contribution is 9.10. The van der Waals surface area contributed by atoms with Crippen molar-refractivity contribution in [3.63, 3.8) is 0 Å². The lowest BCUT2D eigenvalue weighted by atomic mass is 10.2. The summed E-state index contributed by atoms with van der Waals surface area (Å²) in [4.78, 5) is 4.07. The Bertz CT molecular complexity index is 696. The number of imidazole rings is 1. The van der Waals surface area contributed by atoms with Gasteiger partial charge in [0, 0.05) is 29.1 Å². The average Bonchev–Trinajstić information content (AvgIpc) is 3.02. The van der Waals surface area contributed by atoms with Crippen molar-refractivity contribution in [1.29, 1.82) is 0 Å². The first-order valence-electron chi connectivity index (χ1n) is 6.63. The molecule has 3 aromatic rings. The Balaban J connectivity index is 1.63. The predicted octanol–water partition coefficient (Wildman–Crippen LogP) is 3.75. The summed E-state index contributed by atoms with van der Waals surface area (Å²) >= 11 is 3.61. The number of nitrogens with one attached hydrogen (secondary N) is 2. The van der Waals surface area contributed by atoms with Crippen LogP contribution in [-0.2, 0) is 6.54 Å². The van der Waals surface area contributed by atoms with Crippen LogP contribution >= 0.6 is 15.9 Å². The van der Waals surface area contributed by atoms with Crippen LogP contribution < -0.4 is 10.9 Å². The molecular weight excluding hydrogens is 328 g/mol. The van der Waals surface area contributed by atoms with Crippen molar-refractivity contribution in [2.45, 2.75) is 6.54 Å². The van der Waals surface area contributed by atoms with Gasteiger partial charge in [0.25, 0.3) is 0 Å². The van der Waals surface area contributed by atoms with E-state index in [0.717, 1.165) is 22.4 Å². The van der Waals surface area contributed by atoms with E-state index in [0.29, 0.717) is 0 Å². The SMILES string of the molecule is Brc1cc(CNNc2ccccc2)ccc1-n1ccnc1. The Hall–Kier alpha value is -2.11. The molecule has 0 saturated carbocycles. The summed E-state index contributed by atoms with van der Waals surface area (Å²) in [6.07, 6.45) is 5.48. The summed E-state index contributed by atoms with van der Waals surface area (Å²) in [5.41, 5.74) is 9.70. The molecule has 0 fully saturated rings. The standard InChI is InChI=1S/C16H15BrN4/c17-15-10-13(6-7-16(15)21-9-8-18-12-21)11-19-20-14-4-2-1-3-5-14/h1-10,12,19-20H,11H2. The molecule has 21 heavy (non-hydrogen) atoms. The van der Waals surface area contributed by atoms with Crippen LogP contribution in [0.2, 0.25) is 0 Å². The van der Waals surface area contributed by atoms with Gasteiger partial charge in [-0.05, 0) is 45.8 Å². The largest absolute Gasteiger partial charge is 0.321 e. The molecular formula is C16H15BrN4. The van der Waals surface area contributed by atoms with Crippen LogP contribution in [-0.4, -0.2) is 9.55 Å². The van der Waals surface area contributed by atoms with E-state index < -0.39 is 0 Å². The number of anilines is 1. The highest BCUT2D eigenvalue weighted by Crippen LogP contribution is 2.22. The second-order valence-corrected chi connectivity index (χ2v) is 5.45. The van der Waals surface area contributed by atoms with E-state index >= 15 is 0 Å². The number of benzene rings is 2. The van der Waals surface area contributed by atoms with Gasteiger partial charge >= 0.3 is 0 Å². The zero-order valence-electron chi connectivity index (χ0n) is 11.3. The van der Waals surface area contributed by atoms with Crippen LogP contribution in [0.3, 0.4) is 0 Å². The second kappa shape index (κ2) is 6.56. The van der Waals surface area contributed by atoms with Crippen molar-refractivity contribution in [3.05, 3.63) is 77.3 Å². The Morgan fingerprint density at radius 1 is 1.10 bits per heavy atom. The molecule has 1 aromatic heterocycles. The Morgan fingerprint density at radius 3 is 2.67 bits per heavy atom. The fourth-order valence-corrected chi connectivity index (χ4v) is 2.67. The minimum atomic E-state index is 0.734. The molecule has 0 aliphatic carbocycles. The lowest BCUT2D eigenvalue weighted by molar-refractivity contribution is 0.800. The number of hydrazine groups is 1. The molecule has 0 radical (unpaired) electrons. The van der Waals surface area contributed by atoms with E-state index in [4.69, 9.17) is 0 Å². The Kier molecular flexibility index (Phi) is 4.33. The molecule has 0 saturated heterocycles. The summed E-state index contributed by atoms with van der Waals surface area (Å²) in [6, 6.07) is 16.3. The molecule has 0 amide bonds. The maximum atomic E-state index is 4.07. The van der Waals surface area contributed by atoms with Crippen molar-refractivity contribution in [2.24, 2.45) is 0 Å². The minimum absolute atomic E-state index is 0.734. The van der Waals surface area contributed by atoms with Crippen LogP contribution in [0.25, 0.3) is 5.69 Å². The number of aromatic nitrogens is 2. The van der Waals surface area contributed by atoms with Crippen LogP contribution in [0.5, 0.6) is 0 Å². The fourth-order valence-electron chi connectivity index (χ4n) is 2.04. The van der Waals surface area contributed by atoms with Crippen LogP contribution in [0, 0.1) is 0 Å². The molecule has 5 heteroatoms. The summed E-state index contributed by atoms with van der Waals surface area (Å²) in [7, 11) is 0. The van der Waals surface area contributed by atoms with E-state index in [9.17, 15) is 0 Å². The number of hydrogen-bond acceptors (Lipinski definition) is 3. The highest BCUT2D eigenvalue weighted by Gasteiger charge is 2.03. The van der Waals surface area contributed by atoms with Gasteiger partial charge in [0.1, 0.15) is 0 Å². The average molecular weight is 343 g/mol. The van der Waals surface area contributed by atoms with Crippen molar-refractivity contribution in [1.82, 2.24) is 15.0 Å². The summed E-state index contributed by atoms with van der Waals surface area (Å²) < 4.78 is 3.02. The second-order valence-electron chi connectivity index (χ2n) is 4.60. The quantitative estimate of drug-likeness (QED) is 0.694. The van der Waals surface area contributed by atoms with E-state index in [-0.39, 0.29) is 0 Å². The third-order valence-corrected chi connectivity index (χ3v) is 3.73. The van der Waals surface area contributed by atoms with Crippen LogP contribution in [0.4, 0.5) is 5.69 Å². The van der Waals surface area contributed by atoms with E-state index in [1.807, 2.05) is 41.1 Å². The highest BCUT2D eigenvalue weighted by atomic mass is 79.9. The molecule has 0 atom stereocenters. The molecule has 0 bridgehead atoms. The molecule has 106 valence electrons. The van der Waals surface area contributed by atoms with E-state index in [1.165, 1.54) is 5.56 Å². The van der Waals surface area contributed by atoms with Crippen molar-refractivity contribution >= 4 is 21.6 Å². The molecule has 2 N–H and O–H groups in total. The minimum Gasteiger partial charge on any atom is -0.321 e. The first-order valence-corrected chi connectivity index (χ1v) is 7.43. The first kappa shape index (κ1) is 13.9. The van der Waals surface area contributed by atoms with Crippen molar-refractivity contribution < 1.29 is 0 Å². The molecule has 0 unspecified atom stereocenters. The smallest absolute Gasteiger partial charge is 0.0992 e. The van der Waals surface area contributed by atoms with Crippen molar-refractivity contribution in [2.75, 3.05) is 5.43 Å². The molecule has 3 rings (SSSR count). The van der Waals surface area contributed by atoms with Gasteiger partial charge in [0.05, 0.1) is 12.0 Å². The predicted molar refractivity (Wildman–Crippen MR) is 88.2 cm³/mol. The Morgan fingerprint density at radius 2 is 1.95 bits per heavy atom. The van der Waals surface area contributed by atoms with Gasteiger partial charge in [-0.1, -0.05) is 24.3 Å². The van der Waals surface area contributed by atoms with Gasteiger partial charge in [-0.15, -0.1) is 0 Å². The van der Waals surface area contributed by atoms with Gasteiger partial charge in [0.2, 0.25) is 0 Å². The van der Waals surface area contributed by atoms with E-state index in [2.05, 4.69) is 50.0 Å². The molecule has 0 aliphatic rings. The zero-order chi connectivity index (χ0) is 14.5. The number of nitrogens with zero attached hydrogens (tertiary/aromatic N) is 2. The third kappa shape index (κ3) is 3.51. The molecule has 1 heterocycles. The van der Waals surface area contributed by atoms with Crippen LogP contribution in [0.1, 0.15) is 5.56 Å². The number of halogens is 1. The molecule has 2 aromatic carbocycles. The molecule has 4 nitrogen and oxygen atoms in total. The number of para-hydroxylation sites is 1.